The maximum absolute atomic E-state index is 6.16. The summed E-state index contributed by atoms with van der Waals surface area (Å²) in [5.74, 6) is 0.828. The Bertz CT molecular complexity index is 537. The van der Waals surface area contributed by atoms with Crippen molar-refractivity contribution in [3.05, 3.63) is 46.2 Å². The van der Waals surface area contributed by atoms with E-state index in [0.29, 0.717) is 11.6 Å². The van der Waals surface area contributed by atoms with Crippen LogP contribution in [0.3, 0.4) is 0 Å². The van der Waals surface area contributed by atoms with Gasteiger partial charge in [0.15, 0.2) is 0 Å². The van der Waals surface area contributed by atoms with E-state index in [4.69, 9.17) is 16.3 Å². The molecule has 1 heterocycles. The lowest BCUT2D eigenvalue weighted by Gasteiger charge is -2.07. The summed E-state index contributed by atoms with van der Waals surface area (Å²) in [6, 6.07) is 7.96. The van der Waals surface area contributed by atoms with Gasteiger partial charge in [0, 0.05) is 12.4 Å². The zero-order valence-electron chi connectivity index (χ0n) is 10.3. The largest absolute Gasteiger partial charge is 0.487 e. The van der Waals surface area contributed by atoms with Gasteiger partial charge >= 0.3 is 0 Å². The molecule has 2 rings (SSSR count). The van der Waals surface area contributed by atoms with E-state index >= 15 is 0 Å². The van der Waals surface area contributed by atoms with Crippen LogP contribution < -0.4 is 4.74 Å². The van der Waals surface area contributed by atoms with Gasteiger partial charge in [0.25, 0.3) is 0 Å². The SMILES string of the molecule is Cc1nn(C)c(COc2ccc(CBr)cc2)c1Cl. The lowest BCUT2D eigenvalue weighted by atomic mass is 10.2. The number of ether oxygens (including phenoxy) is 1. The molecule has 0 aliphatic heterocycles. The normalized spacial score (nSPS) is 10.7. The number of hydrogen-bond donors (Lipinski definition) is 0. The third-order valence-electron chi connectivity index (χ3n) is 2.71. The lowest BCUT2D eigenvalue weighted by Crippen LogP contribution is -2.03. The van der Waals surface area contributed by atoms with Crippen LogP contribution in [0.15, 0.2) is 24.3 Å². The number of aromatic nitrogens is 2. The predicted molar refractivity (Wildman–Crippen MR) is 76.4 cm³/mol. The van der Waals surface area contributed by atoms with Gasteiger partial charge in [-0.3, -0.25) is 4.68 Å². The first-order valence-electron chi connectivity index (χ1n) is 5.57. The molecule has 96 valence electrons. The van der Waals surface area contributed by atoms with Gasteiger partial charge in [-0.1, -0.05) is 39.7 Å². The Morgan fingerprint density at radius 2 is 2.00 bits per heavy atom. The van der Waals surface area contributed by atoms with Crippen molar-refractivity contribution in [3.63, 3.8) is 0 Å². The molecule has 0 aliphatic rings. The van der Waals surface area contributed by atoms with Gasteiger partial charge in [0.1, 0.15) is 12.4 Å². The molecular formula is C13H14BrClN2O. The van der Waals surface area contributed by atoms with Crippen LogP contribution in [-0.2, 0) is 19.0 Å². The molecule has 0 fully saturated rings. The minimum atomic E-state index is 0.420. The molecule has 2 aromatic rings. The van der Waals surface area contributed by atoms with Gasteiger partial charge in [-0.2, -0.15) is 5.10 Å². The van der Waals surface area contributed by atoms with Crippen molar-refractivity contribution in [1.82, 2.24) is 9.78 Å². The molecule has 0 saturated carbocycles. The summed E-state index contributed by atoms with van der Waals surface area (Å²) in [4.78, 5) is 0. The highest BCUT2D eigenvalue weighted by molar-refractivity contribution is 9.08. The molecule has 0 aliphatic carbocycles. The summed E-state index contributed by atoms with van der Waals surface area (Å²) < 4.78 is 7.46. The summed E-state index contributed by atoms with van der Waals surface area (Å²) in [5.41, 5.74) is 2.93. The molecule has 1 aromatic carbocycles. The maximum atomic E-state index is 6.16. The first-order valence-corrected chi connectivity index (χ1v) is 7.07. The van der Waals surface area contributed by atoms with E-state index in [-0.39, 0.29) is 0 Å². The molecule has 0 amide bonds. The topological polar surface area (TPSA) is 27.1 Å². The van der Waals surface area contributed by atoms with Crippen LogP contribution in [0.2, 0.25) is 5.02 Å². The van der Waals surface area contributed by atoms with Crippen molar-refractivity contribution in [2.24, 2.45) is 7.05 Å². The predicted octanol–water partition coefficient (Wildman–Crippen LogP) is 3.86. The van der Waals surface area contributed by atoms with E-state index in [1.165, 1.54) is 5.56 Å². The van der Waals surface area contributed by atoms with Crippen molar-refractivity contribution in [2.45, 2.75) is 18.9 Å². The van der Waals surface area contributed by atoms with Crippen LogP contribution in [-0.4, -0.2) is 9.78 Å². The first-order chi connectivity index (χ1) is 8.61. The second-order valence-corrected chi connectivity index (χ2v) is 4.97. The average Bonchev–Trinajstić information content (AvgIpc) is 2.62. The van der Waals surface area contributed by atoms with Gasteiger partial charge in [0.2, 0.25) is 0 Å². The Kier molecular flexibility index (Phi) is 4.30. The first kappa shape index (κ1) is 13.4. The number of alkyl halides is 1. The van der Waals surface area contributed by atoms with Crippen molar-refractivity contribution >= 4 is 27.5 Å². The summed E-state index contributed by atoms with van der Waals surface area (Å²) in [5, 5.41) is 5.77. The van der Waals surface area contributed by atoms with E-state index in [2.05, 4.69) is 21.0 Å². The van der Waals surface area contributed by atoms with Crippen LogP contribution in [0.1, 0.15) is 17.0 Å². The Hall–Kier alpha value is -1.000. The van der Waals surface area contributed by atoms with Gasteiger partial charge in [-0.25, -0.2) is 0 Å². The number of hydrogen-bond acceptors (Lipinski definition) is 2. The second-order valence-electron chi connectivity index (χ2n) is 4.04. The molecule has 0 unspecified atom stereocenters. The number of benzene rings is 1. The molecule has 0 saturated heterocycles. The molecular weight excluding hydrogens is 316 g/mol. The number of halogens is 2. The molecule has 0 N–H and O–H groups in total. The molecule has 5 heteroatoms. The molecule has 18 heavy (non-hydrogen) atoms. The van der Waals surface area contributed by atoms with Gasteiger partial charge < -0.3 is 4.74 Å². The Morgan fingerprint density at radius 3 is 2.50 bits per heavy atom. The Balaban J connectivity index is 2.06. The van der Waals surface area contributed by atoms with Crippen molar-refractivity contribution < 1.29 is 4.74 Å². The van der Waals surface area contributed by atoms with E-state index in [1.54, 1.807) is 4.68 Å². The molecule has 0 bridgehead atoms. The fourth-order valence-corrected chi connectivity index (χ4v) is 2.25. The fourth-order valence-electron chi connectivity index (χ4n) is 1.66. The molecule has 3 nitrogen and oxygen atoms in total. The van der Waals surface area contributed by atoms with Crippen LogP contribution in [0, 0.1) is 6.92 Å². The minimum absolute atomic E-state index is 0.420. The highest BCUT2D eigenvalue weighted by Crippen LogP contribution is 2.22. The average molecular weight is 330 g/mol. The van der Waals surface area contributed by atoms with Crippen LogP contribution in [0.4, 0.5) is 0 Å². The summed E-state index contributed by atoms with van der Waals surface area (Å²) in [6.07, 6.45) is 0. The minimum Gasteiger partial charge on any atom is -0.487 e. The summed E-state index contributed by atoms with van der Waals surface area (Å²) in [6.45, 7) is 2.31. The van der Waals surface area contributed by atoms with E-state index in [1.807, 2.05) is 38.2 Å². The smallest absolute Gasteiger partial charge is 0.131 e. The Morgan fingerprint density at radius 1 is 1.33 bits per heavy atom. The monoisotopic (exact) mass is 328 g/mol. The zero-order valence-corrected chi connectivity index (χ0v) is 12.6. The third-order valence-corrected chi connectivity index (χ3v) is 3.85. The second kappa shape index (κ2) is 5.76. The van der Waals surface area contributed by atoms with Crippen molar-refractivity contribution in [1.29, 1.82) is 0 Å². The maximum Gasteiger partial charge on any atom is 0.131 e. The number of rotatable bonds is 4. The van der Waals surface area contributed by atoms with Gasteiger partial charge in [-0.15, -0.1) is 0 Å². The van der Waals surface area contributed by atoms with Gasteiger partial charge in [-0.05, 0) is 24.6 Å². The van der Waals surface area contributed by atoms with E-state index in [9.17, 15) is 0 Å². The third kappa shape index (κ3) is 2.87. The molecule has 0 atom stereocenters. The van der Waals surface area contributed by atoms with Crippen molar-refractivity contribution in [3.8, 4) is 5.75 Å². The standard InChI is InChI=1S/C13H14BrClN2O/c1-9-13(15)12(17(2)16-9)8-18-11-5-3-10(7-14)4-6-11/h3-6H,7-8H2,1-2H3. The summed E-state index contributed by atoms with van der Waals surface area (Å²) >= 11 is 9.57. The van der Waals surface area contributed by atoms with Crippen molar-refractivity contribution in [2.75, 3.05) is 0 Å². The fraction of sp³-hybridized carbons (Fsp3) is 0.308. The van der Waals surface area contributed by atoms with Crippen LogP contribution in [0.5, 0.6) is 5.75 Å². The molecule has 1 aromatic heterocycles. The quantitative estimate of drug-likeness (QED) is 0.797. The zero-order chi connectivity index (χ0) is 13.1. The van der Waals surface area contributed by atoms with E-state index in [0.717, 1.165) is 22.5 Å². The lowest BCUT2D eigenvalue weighted by molar-refractivity contribution is 0.295. The molecule has 0 spiro atoms. The highest BCUT2D eigenvalue weighted by atomic mass is 79.9. The van der Waals surface area contributed by atoms with Crippen LogP contribution >= 0.6 is 27.5 Å². The number of aryl methyl sites for hydroxylation is 2. The molecule has 0 radical (unpaired) electrons. The van der Waals surface area contributed by atoms with Crippen LogP contribution in [0.25, 0.3) is 0 Å². The van der Waals surface area contributed by atoms with E-state index < -0.39 is 0 Å². The Labute approximate surface area is 120 Å². The highest BCUT2D eigenvalue weighted by Gasteiger charge is 2.11. The number of nitrogens with zero attached hydrogens (tertiary/aromatic N) is 2. The summed E-state index contributed by atoms with van der Waals surface area (Å²) in [7, 11) is 1.87. The van der Waals surface area contributed by atoms with Gasteiger partial charge in [0.05, 0.1) is 16.4 Å².